The number of amides is 1. The maximum Gasteiger partial charge on any atom is 0.294 e. The Bertz CT molecular complexity index is 904. The summed E-state index contributed by atoms with van der Waals surface area (Å²) in [7, 11) is 0. The van der Waals surface area contributed by atoms with Crippen molar-refractivity contribution in [2.75, 3.05) is 11.4 Å². The highest BCUT2D eigenvalue weighted by Gasteiger charge is 2.29. The molecule has 0 fully saturated rings. The summed E-state index contributed by atoms with van der Waals surface area (Å²) >= 11 is 3.48. The van der Waals surface area contributed by atoms with Gasteiger partial charge in [-0.3, -0.25) is 4.79 Å². The summed E-state index contributed by atoms with van der Waals surface area (Å²) in [6.45, 7) is 0.951. The third kappa shape index (κ3) is 3.20. The molecule has 0 spiro atoms. The predicted molar refractivity (Wildman–Crippen MR) is 99.0 cm³/mol. The number of benzene rings is 2. The second-order valence-electron chi connectivity index (χ2n) is 5.86. The lowest BCUT2D eigenvalue weighted by Crippen LogP contribution is -2.29. The molecule has 25 heavy (non-hydrogen) atoms. The molecule has 0 aliphatic carbocycles. The van der Waals surface area contributed by atoms with Gasteiger partial charge in [0.25, 0.3) is 5.91 Å². The van der Waals surface area contributed by atoms with Crippen LogP contribution in [0.4, 0.5) is 5.69 Å². The van der Waals surface area contributed by atoms with Gasteiger partial charge in [-0.25, -0.2) is 0 Å². The van der Waals surface area contributed by atoms with Crippen LogP contribution in [0.3, 0.4) is 0 Å². The van der Waals surface area contributed by atoms with Gasteiger partial charge < -0.3 is 14.1 Å². The van der Waals surface area contributed by atoms with Gasteiger partial charge in [-0.15, -0.1) is 0 Å². The average Bonchev–Trinajstić information content (AvgIpc) is 3.26. The Balaban J connectivity index is 1.54. The normalized spacial score (nSPS) is 12.9. The molecular formula is C20H16BrNO3. The summed E-state index contributed by atoms with van der Waals surface area (Å²) in [4.78, 5) is 14.7. The minimum absolute atomic E-state index is 0.127. The third-order valence-electron chi connectivity index (χ3n) is 4.26. The van der Waals surface area contributed by atoms with E-state index in [0.717, 1.165) is 33.5 Å². The molecule has 1 amide bonds. The van der Waals surface area contributed by atoms with Crippen molar-refractivity contribution in [3.63, 3.8) is 0 Å². The van der Waals surface area contributed by atoms with Crippen molar-refractivity contribution in [2.24, 2.45) is 0 Å². The van der Waals surface area contributed by atoms with Crippen LogP contribution in [-0.2, 0) is 13.0 Å². The van der Waals surface area contributed by atoms with Crippen molar-refractivity contribution < 1.29 is 13.9 Å². The number of carbonyl (C=O) groups excluding carboxylic acids is 1. The minimum atomic E-state index is -0.127. The van der Waals surface area contributed by atoms with Crippen molar-refractivity contribution in [1.82, 2.24) is 0 Å². The number of halogens is 1. The molecule has 1 aromatic heterocycles. The van der Waals surface area contributed by atoms with Gasteiger partial charge >= 0.3 is 0 Å². The minimum Gasteiger partial charge on any atom is -0.489 e. The lowest BCUT2D eigenvalue weighted by molar-refractivity contribution is 0.0959. The van der Waals surface area contributed by atoms with Gasteiger partial charge in [0.2, 0.25) is 0 Å². The number of fused-ring (bicyclic) bond motifs is 1. The van der Waals surface area contributed by atoms with Crippen molar-refractivity contribution >= 4 is 27.5 Å². The zero-order chi connectivity index (χ0) is 17.2. The molecule has 0 bridgehead atoms. The molecule has 1 aliphatic rings. The fourth-order valence-corrected chi connectivity index (χ4v) is 3.43. The van der Waals surface area contributed by atoms with Crippen LogP contribution in [0.25, 0.3) is 0 Å². The molecule has 2 aromatic carbocycles. The number of furan rings is 1. The van der Waals surface area contributed by atoms with Crippen LogP contribution in [-0.4, -0.2) is 12.5 Å². The Hall–Kier alpha value is -2.53. The van der Waals surface area contributed by atoms with Crippen LogP contribution in [0.1, 0.15) is 21.7 Å². The van der Waals surface area contributed by atoms with Crippen LogP contribution in [0.15, 0.2) is 69.8 Å². The van der Waals surface area contributed by atoms with Gasteiger partial charge in [-0.2, -0.15) is 0 Å². The maximum absolute atomic E-state index is 13.0. The molecule has 4 rings (SSSR count). The van der Waals surface area contributed by atoms with Gasteiger partial charge in [0.15, 0.2) is 5.76 Å². The third-order valence-corrected chi connectivity index (χ3v) is 4.75. The number of nitrogens with zero attached hydrogens (tertiary/aromatic N) is 1. The molecule has 0 radical (unpaired) electrons. The van der Waals surface area contributed by atoms with E-state index in [1.54, 1.807) is 11.0 Å². The highest BCUT2D eigenvalue weighted by atomic mass is 79.9. The number of para-hydroxylation sites is 1. The number of ether oxygens (including phenoxy) is 1. The number of anilines is 1. The van der Waals surface area contributed by atoms with E-state index >= 15 is 0 Å². The van der Waals surface area contributed by atoms with Crippen LogP contribution in [0, 0.1) is 0 Å². The molecule has 0 atom stereocenters. The molecule has 0 saturated heterocycles. The summed E-state index contributed by atoms with van der Waals surface area (Å²) < 4.78 is 12.3. The van der Waals surface area contributed by atoms with E-state index in [0.29, 0.717) is 18.9 Å². The SMILES string of the molecule is O=C(c1occc1COc1ccccc1)N1CCc2cc(Br)ccc21. The Morgan fingerprint density at radius 3 is 2.84 bits per heavy atom. The van der Waals surface area contributed by atoms with Crippen LogP contribution >= 0.6 is 15.9 Å². The molecule has 5 heteroatoms. The van der Waals surface area contributed by atoms with E-state index in [-0.39, 0.29) is 5.91 Å². The summed E-state index contributed by atoms with van der Waals surface area (Å²) in [6, 6.07) is 17.3. The number of hydrogen-bond acceptors (Lipinski definition) is 3. The first-order valence-corrected chi connectivity index (χ1v) is 8.86. The Morgan fingerprint density at radius 1 is 1.16 bits per heavy atom. The first-order valence-electron chi connectivity index (χ1n) is 8.07. The monoisotopic (exact) mass is 397 g/mol. The van der Waals surface area contributed by atoms with Crippen LogP contribution in [0.5, 0.6) is 5.75 Å². The van der Waals surface area contributed by atoms with Gasteiger partial charge in [-0.1, -0.05) is 34.1 Å². The summed E-state index contributed by atoms with van der Waals surface area (Å²) in [5.41, 5.74) is 2.86. The average molecular weight is 398 g/mol. The van der Waals surface area contributed by atoms with E-state index in [2.05, 4.69) is 22.0 Å². The molecular weight excluding hydrogens is 382 g/mol. The first-order chi connectivity index (χ1) is 12.2. The highest BCUT2D eigenvalue weighted by Crippen LogP contribution is 2.32. The fourth-order valence-electron chi connectivity index (χ4n) is 3.02. The van der Waals surface area contributed by atoms with Gasteiger partial charge in [0.05, 0.1) is 6.26 Å². The maximum atomic E-state index is 13.0. The summed E-state index contributed by atoms with van der Waals surface area (Å²) in [5, 5.41) is 0. The van der Waals surface area contributed by atoms with E-state index in [1.165, 1.54) is 6.26 Å². The Kier molecular flexibility index (Phi) is 4.32. The molecule has 2 heterocycles. The Morgan fingerprint density at radius 2 is 2.00 bits per heavy atom. The van der Waals surface area contributed by atoms with Gasteiger partial charge in [-0.05, 0) is 48.4 Å². The number of rotatable bonds is 4. The van der Waals surface area contributed by atoms with Crippen molar-refractivity contribution in [1.29, 1.82) is 0 Å². The molecule has 0 saturated carbocycles. The molecule has 4 nitrogen and oxygen atoms in total. The predicted octanol–water partition coefficient (Wildman–Crippen LogP) is 4.82. The van der Waals surface area contributed by atoms with Crippen molar-refractivity contribution in [3.8, 4) is 5.75 Å². The molecule has 126 valence electrons. The highest BCUT2D eigenvalue weighted by molar-refractivity contribution is 9.10. The fraction of sp³-hybridized carbons (Fsp3) is 0.150. The molecule has 0 N–H and O–H groups in total. The largest absolute Gasteiger partial charge is 0.489 e. The number of hydrogen-bond donors (Lipinski definition) is 0. The van der Waals surface area contributed by atoms with E-state index < -0.39 is 0 Å². The van der Waals surface area contributed by atoms with E-state index in [9.17, 15) is 4.79 Å². The van der Waals surface area contributed by atoms with Crippen LogP contribution < -0.4 is 9.64 Å². The summed E-state index contributed by atoms with van der Waals surface area (Å²) in [6.07, 6.45) is 2.38. The molecule has 1 aliphatic heterocycles. The van der Waals surface area contributed by atoms with Gasteiger partial charge in [0, 0.05) is 22.3 Å². The van der Waals surface area contributed by atoms with Crippen LogP contribution in [0.2, 0.25) is 0 Å². The molecule has 3 aromatic rings. The molecule has 0 unspecified atom stereocenters. The summed E-state index contributed by atoms with van der Waals surface area (Å²) in [5.74, 6) is 0.975. The zero-order valence-electron chi connectivity index (χ0n) is 13.4. The quantitative estimate of drug-likeness (QED) is 0.633. The van der Waals surface area contributed by atoms with E-state index in [4.69, 9.17) is 9.15 Å². The smallest absolute Gasteiger partial charge is 0.294 e. The first kappa shape index (κ1) is 16.0. The number of carbonyl (C=O) groups is 1. The van der Waals surface area contributed by atoms with E-state index in [1.807, 2.05) is 42.5 Å². The zero-order valence-corrected chi connectivity index (χ0v) is 15.0. The lowest BCUT2D eigenvalue weighted by Gasteiger charge is -2.17. The second kappa shape index (κ2) is 6.76. The lowest BCUT2D eigenvalue weighted by atomic mass is 10.2. The van der Waals surface area contributed by atoms with Crippen molar-refractivity contribution in [3.05, 3.63) is 82.2 Å². The standard InChI is InChI=1S/C20H16BrNO3/c21-16-6-7-18-14(12-16)8-10-22(18)20(23)19-15(9-11-24-19)13-25-17-4-2-1-3-5-17/h1-7,9,11-12H,8,10,13H2. The second-order valence-corrected chi connectivity index (χ2v) is 6.77. The Labute approximate surface area is 154 Å². The van der Waals surface area contributed by atoms with Crippen molar-refractivity contribution in [2.45, 2.75) is 13.0 Å². The topological polar surface area (TPSA) is 42.7 Å². The van der Waals surface area contributed by atoms with Gasteiger partial charge in [0.1, 0.15) is 12.4 Å².